The van der Waals surface area contributed by atoms with Crippen LogP contribution in [0, 0.1) is 0 Å². The van der Waals surface area contributed by atoms with Crippen molar-refractivity contribution in [3.63, 3.8) is 0 Å². The molecule has 2 heterocycles. The molecule has 1 fully saturated rings. The van der Waals surface area contributed by atoms with Crippen LogP contribution in [0.3, 0.4) is 0 Å². The van der Waals surface area contributed by atoms with E-state index < -0.39 is 0 Å². The molecule has 1 saturated heterocycles. The second kappa shape index (κ2) is 4.69. The zero-order chi connectivity index (χ0) is 11.7. The summed E-state index contributed by atoms with van der Waals surface area (Å²) in [5, 5.41) is 5.34. The third-order valence-corrected chi connectivity index (χ3v) is 4.74. The fraction of sp³-hybridized carbons (Fsp3) is 0.615. The number of rotatable bonds is 1. The summed E-state index contributed by atoms with van der Waals surface area (Å²) in [4.78, 5) is 15.5. The second-order valence-corrected chi connectivity index (χ2v) is 5.89. The molecule has 3 nitrogen and oxygen atoms in total. The Morgan fingerprint density at radius 2 is 2.18 bits per heavy atom. The molecule has 0 aromatic carbocycles. The predicted molar refractivity (Wildman–Crippen MR) is 69.3 cm³/mol. The van der Waals surface area contributed by atoms with Gasteiger partial charge in [0.2, 0.25) is 0 Å². The molecule has 4 heteroatoms. The fourth-order valence-electron chi connectivity index (χ4n) is 2.80. The molecular formula is C13H18N2OS. The van der Waals surface area contributed by atoms with Gasteiger partial charge in [0, 0.05) is 18.0 Å². The highest BCUT2D eigenvalue weighted by Crippen LogP contribution is 2.33. The number of hydrogen-bond acceptors (Lipinski definition) is 2. The van der Waals surface area contributed by atoms with Crippen LogP contribution in [-0.2, 0) is 6.42 Å². The number of carbonyl (C=O) groups excluding carboxylic acids is 1. The Bertz CT molecular complexity index is 409. The molecule has 1 aliphatic heterocycles. The van der Waals surface area contributed by atoms with Crippen LogP contribution in [0.15, 0.2) is 11.4 Å². The highest BCUT2D eigenvalue weighted by Gasteiger charge is 2.25. The maximum absolute atomic E-state index is 12.1. The highest BCUT2D eigenvalue weighted by molar-refractivity contribution is 7.10. The molecule has 0 saturated carbocycles. The van der Waals surface area contributed by atoms with Crippen LogP contribution in [-0.4, -0.2) is 24.0 Å². The highest BCUT2D eigenvalue weighted by atomic mass is 32.1. The number of nitrogens with one attached hydrogen (secondary N) is 1. The molecule has 0 spiro atoms. The number of likely N-dealkylation sites (tertiary alicyclic amines) is 1. The molecule has 1 aromatic rings. The smallest absolute Gasteiger partial charge is 0.317 e. The summed E-state index contributed by atoms with van der Waals surface area (Å²) < 4.78 is 0. The molecule has 0 radical (unpaired) electrons. The number of carbonyl (C=O) groups is 1. The van der Waals surface area contributed by atoms with Crippen LogP contribution < -0.4 is 5.32 Å². The average Bonchev–Trinajstić information content (AvgIpc) is 3.00. The minimum Gasteiger partial charge on any atom is -0.331 e. The number of nitrogens with zero attached hydrogens (tertiary/aromatic N) is 1. The van der Waals surface area contributed by atoms with Crippen LogP contribution >= 0.6 is 11.3 Å². The average molecular weight is 250 g/mol. The van der Waals surface area contributed by atoms with Gasteiger partial charge in [-0.2, -0.15) is 0 Å². The quantitative estimate of drug-likeness (QED) is 0.816. The Morgan fingerprint density at radius 1 is 1.35 bits per heavy atom. The van der Waals surface area contributed by atoms with Gasteiger partial charge in [-0.25, -0.2) is 4.79 Å². The van der Waals surface area contributed by atoms with Crippen LogP contribution in [0.25, 0.3) is 0 Å². The summed E-state index contributed by atoms with van der Waals surface area (Å²) in [5.41, 5.74) is 1.36. The summed E-state index contributed by atoms with van der Waals surface area (Å²) in [6.07, 6.45) is 5.77. The normalized spacial score (nSPS) is 23.5. The SMILES string of the molecule is O=C(NC1CCCc2sccc21)N1CCCC1. The Balaban J connectivity index is 1.68. The van der Waals surface area contributed by atoms with Crippen molar-refractivity contribution in [2.45, 2.75) is 38.1 Å². The van der Waals surface area contributed by atoms with Crippen molar-refractivity contribution in [2.75, 3.05) is 13.1 Å². The van der Waals surface area contributed by atoms with E-state index in [1.165, 1.54) is 23.3 Å². The van der Waals surface area contributed by atoms with E-state index in [9.17, 15) is 4.79 Å². The molecule has 1 N–H and O–H groups in total. The van der Waals surface area contributed by atoms with Crippen molar-refractivity contribution in [2.24, 2.45) is 0 Å². The summed E-state index contributed by atoms with van der Waals surface area (Å²) in [6, 6.07) is 2.55. The maximum Gasteiger partial charge on any atom is 0.317 e. The summed E-state index contributed by atoms with van der Waals surface area (Å²) in [6.45, 7) is 1.85. The van der Waals surface area contributed by atoms with Crippen molar-refractivity contribution < 1.29 is 4.79 Å². The van der Waals surface area contributed by atoms with E-state index in [1.54, 1.807) is 0 Å². The molecule has 1 unspecified atom stereocenters. The lowest BCUT2D eigenvalue weighted by atomic mass is 9.94. The van der Waals surface area contributed by atoms with E-state index in [2.05, 4.69) is 16.8 Å². The molecule has 0 bridgehead atoms. The second-order valence-electron chi connectivity index (χ2n) is 4.89. The number of fused-ring (bicyclic) bond motifs is 1. The first-order valence-corrected chi connectivity index (χ1v) is 7.34. The van der Waals surface area contributed by atoms with Gasteiger partial charge < -0.3 is 10.2 Å². The summed E-state index contributed by atoms with van der Waals surface area (Å²) in [5.74, 6) is 0. The van der Waals surface area contributed by atoms with Crippen molar-refractivity contribution in [1.29, 1.82) is 0 Å². The molecule has 1 aromatic heterocycles. The first-order valence-electron chi connectivity index (χ1n) is 6.46. The van der Waals surface area contributed by atoms with Crippen molar-refractivity contribution in [3.8, 4) is 0 Å². The standard InChI is InChI=1S/C13H18N2OS/c16-13(15-7-1-2-8-15)14-11-4-3-5-12-10(11)6-9-17-12/h6,9,11H,1-5,7-8H2,(H,14,16). The van der Waals surface area contributed by atoms with E-state index in [4.69, 9.17) is 0 Å². The summed E-state index contributed by atoms with van der Waals surface area (Å²) >= 11 is 1.82. The van der Waals surface area contributed by atoms with Gasteiger partial charge in [-0.3, -0.25) is 0 Å². The number of urea groups is 1. The third-order valence-electron chi connectivity index (χ3n) is 3.74. The van der Waals surface area contributed by atoms with Gasteiger partial charge in [0.25, 0.3) is 0 Å². The Morgan fingerprint density at radius 3 is 3.00 bits per heavy atom. The third kappa shape index (κ3) is 2.18. The van der Waals surface area contributed by atoms with Crippen molar-refractivity contribution in [3.05, 3.63) is 21.9 Å². The zero-order valence-corrected chi connectivity index (χ0v) is 10.8. The lowest BCUT2D eigenvalue weighted by Crippen LogP contribution is -2.40. The van der Waals surface area contributed by atoms with Crippen molar-refractivity contribution in [1.82, 2.24) is 10.2 Å². The minimum absolute atomic E-state index is 0.131. The lowest BCUT2D eigenvalue weighted by Gasteiger charge is -2.26. The Labute approximate surface area is 106 Å². The monoisotopic (exact) mass is 250 g/mol. The van der Waals surface area contributed by atoms with Gasteiger partial charge >= 0.3 is 6.03 Å². The molecular weight excluding hydrogens is 232 g/mol. The van der Waals surface area contributed by atoms with Gasteiger partial charge in [0.05, 0.1) is 6.04 Å². The number of aryl methyl sites for hydroxylation is 1. The van der Waals surface area contributed by atoms with Gasteiger partial charge in [-0.15, -0.1) is 11.3 Å². The number of amides is 2. The number of hydrogen-bond donors (Lipinski definition) is 1. The first-order chi connectivity index (χ1) is 8.34. The topological polar surface area (TPSA) is 32.3 Å². The maximum atomic E-state index is 12.1. The molecule has 1 atom stereocenters. The minimum atomic E-state index is 0.131. The van der Waals surface area contributed by atoms with E-state index >= 15 is 0 Å². The zero-order valence-electron chi connectivity index (χ0n) is 9.95. The molecule has 2 amide bonds. The Hall–Kier alpha value is -1.03. The van der Waals surface area contributed by atoms with E-state index in [1.807, 2.05) is 16.2 Å². The molecule has 92 valence electrons. The van der Waals surface area contributed by atoms with Crippen LogP contribution in [0.2, 0.25) is 0 Å². The lowest BCUT2D eigenvalue weighted by molar-refractivity contribution is 0.203. The molecule has 3 rings (SSSR count). The Kier molecular flexibility index (Phi) is 3.05. The first kappa shape index (κ1) is 11.1. The summed E-state index contributed by atoms with van der Waals surface area (Å²) in [7, 11) is 0. The molecule has 2 aliphatic rings. The van der Waals surface area contributed by atoms with Gasteiger partial charge in [-0.1, -0.05) is 0 Å². The van der Waals surface area contributed by atoms with Crippen LogP contribution in [0.1, 0.15) is 42.2 Å². The van der Waals surface area contributed by atoms with Gasteiger partial charge in [0.1, 0.15) is 0 Å². The largest absolute Gasteiger partial charge is 0.331 e. The number of thiophene rings is 1. The van der Waals surface area contributed by atoms with Crippen molar-refractivity contribution >= 4 is 17.4 Å². The fourth-order valence-corrected chi connectivity index (χ4v) is 3.78. The van der Waals surface area contributed by atoms with E-state index in [0.29, 0.717) is 0 Å². The van der Waals surface area contributed by atoms with E-state index in [-0.39, 0.29) is 12.1 Å². The van der Waals surface area contributed by atoms with E-state index in [0.717, 1.165) is 32.4 Å². The van der Waals surface area contributed by atoms with Crippen LogP contribution in [0.5, 0.6) is 0 Å². The molecule has 17 heavy (non-hydrogen) atoms. The predicted octanol–water partition coefficient (Wildman–Crippen LogP) is 2.93. The van der Waals surface area contributed by atoms with Gasteiger partial charge in [-0.05, 0) is 49.1 Å². The molecule has 1 aliphatic carbocycles. The van der Waals surface area contributed by atoms with Gasteiger partial charge in [0.15, 0.2) is 0 Å². The van der Waals surface area contributed by atoms with Crippen LogP contribution in [0.4, 0.5) is 4.79 Å².